The monoisotopic (exact) mass is 488 g/mol. The Morgan fingerprint density at radius 1 is 1.19 bits per heavy atom. The van der Waals surface area contributed by atoms with Gasteiger partial charge in [-0.1, -0.05) is 31.2 Å². The van der Waals surface area contributed by atoms with E-state index in [0.717, 1.165) is 38.6 Å². The average molecular weight is 488 g/mol. The van der Waals surface area contributed by atoms with Crippen LogP contribution >= 0.6 is 24.0 Å². The Morgan fingerprint density at radius 3 is 2.41 bits per heavy atom. The predicted molar refractivity (Wildman–Crippen MR) is 125 cm³/mol. The summed E-state index contributed by atoms with van der Waals surface area (Å²) in [6.45, 7) is 15.3. The Labute approximate surface area is 182 Å². The van der Waals surface area contributed by atoms with Crippen molar-refractivity contribution in [3.05, 3.63) is 35.4 Å². The topological polar surface area (TPSA) is 48.9 Å². The minimum atomic E-state index is 0. The summed E-state index contributed by atoms with van der Waals surface area (Å²) in [7, 11) is 0. The summed E-state index contributed by atoms with van der Waals surface area (Å²) in [6, 6.07) is 9.06. The lowest BCUT2D eigenvalue weighted by atomic mass is 10.1. The van der Waals surface area contributed by atoms with Crippen molar-refractivity contribution in [2.24, 2.45) is 4.99 Å². The molecule has 2 N–H and O–H groups in total. The van der Waals surface area contributed by atoms with Gasteiger partial charge in [0.05, 0.1) is 18.8 Å². The first-order valence-corrected chi connectivity index (χ1v) is 10.0. The van der Waals surface area contributed by atoms with Crippen molar-refractivity contribution in [3.63, 3.8) is 0 Å². The third kappa shape index (κ3) is 8.35. The maximum atomic E-state index is 5.86. The first-order valence-electron chi connectivity index (χ1n) is 10.0. The zero-order valence-corrected chi connectivity index (χ0v) is 19.8. The van der Waals surface area contributed by atoms with Crippen LogP contribution in [0.15, 0.2) is 29.3 Å². The first kappa shape index (κ1) is 24.2. The highest BCUT2D eigenvalue weighted by Gasteiger charge is 2.22. The molecule has 0 bridgehead atoms. The number of morpholine rings is 1. The molecule has 1 aliphatic heterocycles. The number of benzene rings is 1. The fraction of sp³-hybridized carbons (Fsp3) is 0.667. The maximum absolute atomic E-state index is 5.86. The van der Waals surface area contributed by atoms with Gasteiger partial charge in [-0.15, -0.1) is 24.0 Å². The third-order valence-corrected chi connectivity index (χ3v) is 4.75. The number of rotatable bonds is 7. The van der Waals surface area contributed by atoms with E-state index in [1.54, 1.807) is 0 Å². The molecule has 1 aromatic rings. The van der Waals surface area contributed by atoms with Gasteiger partial charge < -0.3 is 15.4 Å². The Hall–Kier alpha value is -0.860. The van der Waals surface area contributed by atoms with E-state index < -0.39 is 0 Å². The molecular formula is C21H37IN4O. The maximum Gasteiger partial charge on any atom is 0.191 e. The van der Waals surface area contributed by atoms with E-state index in [4.69, 9.17) is 9.73 Å². The van der Waals surface area contributed by atoms with Crippen molar-refractivity contribution in [3.8, 4) is 0 Å². The molecular weight excluding hydrogens is 451 g/mol. The SMILES string of the molecule is CCNC(=NCc1ccccc1CN1CC(C)OC(C)C1)NC(C)CC.I. The summed E-state index contributed by atoms with van der Waals surface area (Å²) in [5, 5.41) is 6.80. The van der Waals surface area contributed by atoms with Gasteiger partial charge in [-0.2, -0.15) is 0 Å². The molecule has 6 heteroatoms. The van der Waals surface area contributed by atoms with Crippen LogP contribution in [0.1, 0.15) is 52.2 Å². The van der Waals surface area contributed by atoms with Gasteiger partial charge in [-0.3, -0.25) is 4.90 Å². The van der Waals surface area contributed by atoms with Gasteiger partial charge in [-0.05, 0) is 45.2 Å². The van der Waals surface area contributed by atoms with Gasteiger partial charge in [0.15, 0.2) is 5.96 Å². The molecule has 1 aromatic carbocycles. The fourth-order valence-electron chi connectivity index (χ4n) is 3.34. The predicted octanol–water partition coefficient (Wildman–Crippen LogP) is 3.77. The molecule has 0 aromatic heterocycles. The molecule has 1 fully saturated rings. The highest BCUT2D eigenvalue weighted by molar-refractivity contribution is 14.0. The summed E-state index contributed by atoms with van der Waals surface area (Å²) in [5.41, 5.74) is 2.65. The number of guanidine groups is 1. The van der Waals surface area contributed by atoms with E-state index in [9.17, 15) is 0 Å². The molecule has 1 saturated heterocycles. The van der Waals surface area contributed by atoms with Crippen LogP contribution in [0.4, 0.5) is 0 Å². The van der Waals surface area contributed by atoms with E-state index in [1.165, 1.54) is 11.1 Å². The van der Waals surface area contributed by atoms with E-state index in [0.29, 0.717) is 24.8 Å². The smallest absolute Gasteiger partial charge is 0.191 e. The van der Waals surface area contributed by atoms with Crippen molar-refractivity contribution in [1.82, 2.24) is 15.5 Å². The van der Waals surface area contributed by atoms with Gasteiger partial charge in [-0.25, -0.2) is 4.99 Å². The van der Waals surface area contributed by atoms with Gasteiger partial charge in [0.1, 0.15) is 0 Å². The summed E-state index contributed by atoms with van der Waals surface area (Å²) >= 11 is 0. The number of ether oxygens (including phenoxy) is 1. The van der Waals surface area contributed by atoms with Gasteiger partial charge in [0, 0.05) is 32.2 Å². The van der Waals surface area contributed by atoms with Gasteiger partial charge in [0.2, 0.25) is 0 Å². The van der Waals surface area contributed by atoms with E-state index in [1.807, 2.05) is 0 Å². The zero-order valence-electron chi connectivity index (χ0n) is 17.5. The molecule has 2 rings (SSSR count). The summed E-state index contributed by atoms with van der Waals surface area (Å²) in [5.74, 6) is 0.894. The molecule has 5 nitrogen and oxygen atoms in total. The quantitative estimate of drug-likeness (QED) is 0.349. The molecule has 27 heavy (non-hydrogen) atoms. The molecule has 0 spiro atoms. The Kier molecular flexibility index (Phi) is 11.3. The van der Waals surface area contributed by atoms with Crippen LogP contribution in [-0.4, -0.2) is 48.7 Å². The Morgan fingerprint density at radius 2 is 1.81 bits per heavy atom. The second kappa shape index (κ2) is 12.6. The van der Waals surface area contributed by atoms with Crippen molar-refractivity contribution < 1.29 is 4.74 Å². The number of aliphatic imine (C=N–C) groups is 1. The van der Waals surface area contributed by atoms with E-state index in [-0.39, 0.29) is 24.0 Å². The lowest BCUT2D eigenvalue weighted by Crippen LogP contribution is -2.45. The number of nitrogens with one attached hydrogen (secondary N) is 2. The van der Waals surface area contributed by atoms with Crippen LogP contribution in [0, 0.1) is 0 Å². The van der Waals surface area contributed by atoms with E-state index >= 15 is 0 Å². The average Bonchev–Trinajstić information content (AvgIpc) is 2.60. The first-order chi connectivity index (χ1) is 12.5. The molecule has 154 valence electrons. The molecule has 0 saturated carbocycles. The number of nitrogens with zero attached hydrogens (tertiary/aromatic N) is 2. The minimum absolute atomic E-state index is 0. The highest BCUT2D eigenvalue weighted by atomic mass is 127. The Balaban J connectivity index is 0.00000364. The van der Waals surface area contributed by atoms with Crippen LogP contribution < -0.4 is 10.6 Å². The number of halogens is 1. The highest BCUT2D eigenvalue weighted by Crippen LogP contribution is 2.17. The largest absolute Gasteiger partial charge is 0.373 e. The van der Waals surface area contributed by atoms with Crippen LogP contribution in [0.25, 0.3) is 0 Å². The van der Waals surface area contributed by atoms with Crippen molar-refractivity contribution in [2.75, 3.05) is 19.6 Å². The van der Waals surface area contributed by atoms with Gasteiger partial charge in [0.25, 0.3) is 0 Å². The van der Waals surface area contributed by atoms with Crippen molar-refractivity contribution in [2.45, 2.75) is 72.4 Å². The minimum Gasteiger partial charge on any atom is -0.373 e. The number of hydrogen-bond acceptors (Lipinski definition) is 3. The molecule has 0 amide bonds. The third-order valence-electron chi connectivity index (χ3n) is 4.75. The van der Waals surface area contributed by atoms with Crippen LogP contribution in [0.5, 0.6) is 0 Å². The molecule has 0 radical (unpaired) electrons. The van der Waals surface area contributed by atoms with Gasteiger partial charge >= 0.3 is 0 Å². The second-order valence-corrected chi connectivity index (χ2v) is 7.37. The lowest BCUT2D eigenvalue weighted by Gasteiger charge is -2.35. The van der Waals surface area contributed by atoms with Crippen LogP contribution in [-0.2, 0) is 17.8 Å². The fourth-order valence-corrected chi connectivity index (χ4v) is 3.34. The van der Waals surface area contributed by atoms with Crippen LogP contribution in [0.3, 0.4) is 0 Å². The molecule has 3 atom stereocenters. The normalized spacial score (nSPS) is 22.0. The summed E-state index contributed by atoms with van der Waals surface area (Å²) in [6.07, 6.45) is 1.67. The molecule has 0 aliphatic carbocycles. The standard InChI is InChI=1S/C21H36N4O.HI/c1-6-16(3)24-21(22-7-2)23-12-19-10-8-9-11-20(19)15-25-13-17(4)26-18(5)14-25;/h8-11,16-18H,6-7,12-15H2,1-5H3,(H2,22,23,24);1H. The van der Waals surface area contributed by atoms with Crippen LogP contribution in [0.2, 0.25) is 0 Å². The summed E-state index contributed by atoms with van der Waals surface area (Å²) in [4.78, 5) is 7.30. The van der Waals surface area contributed by atoms with Crippen molar-refractivity contribution in [1.29, 1.82) is 0 Å². The second-order valence-electron chi connectivity index (χ2n) is 7.37. The molecule has 1 aliphatic rings. The van der Waals surface area contributed by atoms with Crippen molar-refractivity contribution >= 4 is 29.9 Å². The molecule has 1 heterocycles. The van der Waals surface area contributed by atoms with E-state index in [2.05, 4.69) is 74.4 Å². The summed E-state index contributed by atoms with van der Waals surface area (Å²) < 4.78 is 5.86. The zero-order chi connectivity index (χ0) is 18.9. The number of hydrogen-bond donors (Lipinski definition) is 2. The lowest BCUT2D eigenvalue weighted by molar-refractivity contribution is -0.0705. The Bertz CT molecular complexity index is 571. The molecule has 3 unspecified atom stereocenters.